The minimum absolute atomic E-state index is 0. The Balaban J connectivity index is 0.00000320. The third-order valence-corrected chi connectivity index (χ3v) is 7.10. The lowest BCUT2D eigenvalue weighted by Gasteiger charge is -2.37. The standard InChI is InChI=1S/C21H35N5O2S.HI/c1-3-22-21(23-17-19-9-11-26(12-10-19)29(2,27)28)25-15-13-24(14-16-25)18-20-7-5-4-6-8-20;/h4-8,19H,3,9-18H2,1-2H3,(H,22,23);1H. The number of benzene rings is 1. The number of nitrogens with zero attached hydrogens (tertiary/aromatic N) is 4. The minimum Gasteiger partial charge on any atom is -0.357 e. The number of rotatable bonds is 6. The van der Waals surface area contributed by atoms with Gasteiger partial charge in [-0.25, -0.2) is 12.7 Å². The molecule has 1 aromatic carbocycles. The molecule has 2 heterocycles. The van der Waals surface area contributed by atoms with Crippen molar-refractivity contribution in [3.8, 4) is 0 Å². The molecule has 1 aromatic rings. The highest BCUT2D eigenvalue weighted by molar-refractivity contribution is 14.0. The van der Waals surface area contributed by atoms with Crippen LogP contribution in [0.2, 0.25) is 0 Å². The summed E-state index contributed by atoms with van der Waals surface area (Å²) in [5, 5.41) is 3.44. The van der Waals surface area contributed by atoms with E-state index in [2.05, 4.69) is 52.4 Å². The molecule has 0 bridgehead atoms. The van der Waals surface area contributed by atoms with Gasteiger partial charge in [0, 0.05) is 58.9 Å². The number of hydrogen-bond donors (Lipinski definition) is 1. The molecule has 0 radical (unpaired) electrons. The van der Waals surface area contributed by atoms with Crippen LogP contribution in [0, 0.1) is 5.92 Å². The van der Waals surface area contributed by atoms with Crippen molar-refractivity contribution in [1.82, 2.24) is 19.4 Å². The normalized spacial score (nSPS) is 20.1. The van der Waals surface area contributed by atoms with Crippen LogP contribution in [0.1, 0.15) is 25.3 Å². The monoisotopic (exact) mass is 549 g/mol. The Labute approximate surface area is 199 Å². The van der Waals surface area contributed by atoms with Crippen molar-refractivity contribution in [2.75, 3.05) is 58.6 Å². The van der Waals surface area contributed by atoms with Crippen molar-refractivity contribution < 1.29 is 8.42 Å². The van der Waals surface area contributed by atoms with Gasteiger partial charge in [0.15, 0.2) is 5.96 Å². The Hall–Kier alpha value is -0.910. The Morgan fingerprint density at radius 1 is 1.07 bits per heavy atom. The predicted molar refractivity (Wildman–Crippen MR) is 134 cm³/mol. The van der Waals surface area contributed by atoms with E-state index < -0.39 is 10.0 Å². The van der Waals surface area contributed by atoms with Crippen molar-refractivity contribution in [2.24, 2.45) is 10.9 Å². The van der Waals surface area contributed by atoms with E-state index in [9.17, 15) is 8.42 Å². The fourth-order valence-corrected chi connectivity index (χ4v) is 4.90. The molecule has 2 fully saturated rings. The van der Waals surface area contributed by atoms with E-state index >= 15 is 0 Å². The van der Waals surface area contributed by atoms with Crippen LogP contribution in [0.25, 0.3) is 0 Å². The third-order valence-electron chi connectivity index (χ3n) is 5.80. The van der Waals surface area contributed by atoms with Gasteiger partial charge in [-0.1, -0.05) is 30.3 Å². The third kappa shape index (κ3) is 7.65. The van der Waals surface area contributed by atoms with Gasteiger partial charge in [0.2, 0.25) is 10.0 Å². The van der Waals surface area contributed by atoms with Gasteiger partial charge in [0.05, 0.1) is 6.26 Å². The molecule has 1 N–H and O–H groups in total. The first-order chi connectivity index (χ1) is 14.0. The summed E-state index contributed by atoms with van der Waals surface area (Å²) in [6.45, 7) is 9.99. The second kappa shape index (κ2) is 12.2. The number of aliphatic imine (C=N–C) groups is 1. The average molecular weight is 550 g/mol. The summed E-state index contributed by atoms with van der Waals surface area (Å²) in [4.78, 5) is 9.76. The summed E-state index contributed by atoms with van der Waals surface area (Å²) in [6, 6.07) is 10.6. The fraction of sp³-hybridized carbons (Fsp3) is 0.667. The number of halogens is 1. The summed E-state index contributed by atoms with van der Waals surface area (Å²) < 4.78 is 24.9. The van der Waals surface area contributed by atoms with Crippen LogP contribution in [-0.2, 0) is 16.6 Å². The average Bonchev–Trinajstić information content (AvgIpc) is 2.72. The van der Waals surface area contributed by atoms with E-state index in [0.29, 0.717) is 19.0 Å². The molecule has 2 aliphatic rings. The first-order valence-corrected chi connectivity index (χ1v) is 12.5. The van der Waals surface area contributed by atoms with Gasteiger partial charge in [-0.15, -0.1) is 24.0 Å². The number of hydrogen-bond acceptors (Lipinski definition) is 4. The molecule has 0 aliphatic carbocycles. The number of guanidine groups is 1. The zero-order chi connectivity index (χ0) is 20.7. The van der Waals surface area contributed by atoms with Crippen molar-refractivity contribution in [1.29, 1.82) is 0 Å². The summed E-state index contributed by atoms with van der Waals surface area (Å²) in [7, 11) is -3.06. The van der Waals surface area contributed by atoms with E-state index in [0.717, 1.165) is 64.6 Å². The molecule has 2 saturated heterocycles. The number of piperazine rings is 1. The lowest BCUT2D eigenvalue weighted by atomic mass is 9.98. The van der Waals surface area contributed by atoms with Crippen LogP contribution in [0.15, 0.2) is 35.3 Å². The lowest BCUT2D eigenvalue weighted by Crippen LogP contribution is -2.52. The molecule has 0 atom stereocenters. The molecule has 3 rings (SSSR count). The maximum Gasteiger partial charge on any atom is 0.211 e. The van der Waals surface area contributed by atoms with Crippen molar-refractivity contribution >= 4 is 40.0 Å². The summed E-state index contributed by atoms with van der Waals surface area (Å²) in [5.74, 6) is 1.46. The van der Waals surface area contributed by atoms with Crippen molar-refractivity contribution in [2.45, 2.75) is 26.3 Å². The highest BCUT2D eigenvalue weighted by atomic mass is 127. The Morgan fingerprint density at radius 3 is 2.27 bits per heavy atom. The molecule has 0 amide bonds. The Kier molecular flexibility index (Phi) is 10.3. The van der Waals surface area contributed by atoms with Gasteiger partial charge in [-0.3, -0.25) is 9.89 Å². The van der Waals surface area contributed by atoms with Gasteiger partial charge in [0.25, 0.3) is 0 Å². The summed E-state index contributed by atoms with van der Waals surface area (Å²) >= 11 is 0. The van der Waals surface area contributed by atoms with E-state index in [1.54, 1.807) is 4.31 Å². The van der Waals surface area contributed by atoms with Crippen LogP contribution < -0.4 is 5.32 Å². The number of sulfonamides is 1. The highest BCUT2D eigenvalue weighted by Gasteiger charge is 2.25. The second-order valence-corrected chi connectivity index (χ2v) is 10.0. The molecular formula is C21H36IN5O2S. The SMILES string of the molecule is CCNC(=NCC1CCN(S(C)(=O)=O)CC1)N1CCN(Cc2ccccc2)CC1.I. The lowest BCUT2D eigenvalue weighted by molar-refractivity contribution is 0.172. The topological polar surface area (TPSA) is 68.2 Å². The van der Waals surface area contributed by atoms with Gasteiger partial charge in [0.1, 0.15) is 0 Å². The van der Waals surface area contributed by atoms with Crippen LogP contribution in [0.5, 0.6) is 0 Å². The van der Waals surface area contributed by atoms with Gasteiger partial charge >= 0.3 is 0 Å². The number of piperidine rings is 1. The maximum absolute atomic E-state index is 11.7. The fourth-order valence-electron chi connectivity index (χ4n) is 4.02. The van der Waals surface area contributed by atoms with Crippen molar-refractivity contribution in [3.05, 3.63) is 35.9 Å². The molecule has 30 heavy (non-hydrogen) atoms. The predicted octanol–water partition coefficient (Wildman–Crippen LogP) is 2.06. The zero-order valence-electron chi connectivity index (χ0n) is 18.2. The summed E-state index contributed by atoms with van der Waals surface area (Å²) in [5.41, 5.74) is 1.36. The molecule has 0 aromatic heterocycles. The molecule has 170 valence electrons. The molecule has 7 nitrogen and oxygen atoms in total. The first-order valence-electron chi connectivity index (χ1n) is 10.7. The van der Waals surface area contributed by atoms with Crippen LogP contribution in [-0.4, -0.2) is 87.1 Å². The van der Waals surface area contributed by atoms with Gasteiger partial charge in [-0.2, -0.15) is 0 Å². The molecular weight excluding hydrogens is 513 g/mol. The molecule has 9 heteroatoms. The second-order valence-electron chi connectivity index (χ2n) is 8.05. The first kappa shape index (κ1) is 25.4. The minimum atomic E-state index is -3.06. The number of nitrogens with one attached hydrogen (secondary N) is 1. The van der Waals surface area contributed by atoms with Crippen LogP contribution in [0.4, 0.5) is 0 Å². The smallest absolute Gasteiger partial charge is 0.211 e. The molecule has 2 aliphatic heterocycles. The quantitative estimate of drug-likeness (QED) is 0.335. The van der Waals surface area contributed by atoms with Crippen LogP contribution >= 0.6 is 24.0 Å². The maximum atomic E-state index is 11.7. The van der Waals surface area contributed by atoms with E-state index in [4.69, 9.17) is 4.99 Å². The Morgan fingerprint density at radius 2 is 1.70 bits per heavy atom. The van der Waals surface area contributed by atoms with Gasteiger partial charge in [-0.05, 0) is 31.2 Å². The van der Waals surface area contributed by atoms with E-state index in [1.165, 1.54) is 11.8 Å². The van der Waals surface area contributed by atoms with Crippen molar-refractivity contribution in [3.63, 3.8) is 0 Å². The van der Waals surface area contributed by atoms with Crippen LogP contribution in [0.3, 0.4) is 0 Å². The summed E-state index contributed by atoms with van der Waals surface area (Å²) in [6.07, 6.45) is 3.08. The Bertz CT molecular complexity index is 759. The highest BCUT2D eigenvalue weighted by Crippen LogP contribution is 2.19. The van der Waals surface area contributed by atoms with E-state index in [-0.39, 0.29) is 24.0 Å². The van der Waals surface area contributed by atoms with E-state index in [1.807, 2.05) is 0 Å². The zero-order valence-corrected chi connectivity index (χ0v) is 21.3. The molecule has 0 unspecified atom stereocenters. The molecule has 0 spiro atoms. The van der Waals surface area contributed by atoms with Gasteiger partial charge < -0.3 is 10.2 Å². The largest absolute Gasteiger partial charge is 0.357 e. The molecule has 0 saturated carbocycles.